The number of benzene rings is 2. The summed E-state index contributed by atoms with van der Waals surface area (Å²) in [5.41, 5.74) is 5.51. The van der Waals surface area contributed by atoms with Crippen LogP contribution in [-0.4, -0.2) is 43.0 Å². The zero-order valence-electron chi connectivity index (χ0n) is 14.9. The van der Waals surface area contributed by atoms with Crippen LogP contribution >= 0.6 is 0 Å². The number of amides is 1. The van der Waals surface area contributed by atoms with Crippen LogP contribution in [0.5, 0.6) is 0 Å². The third kappa shape index (κ3) is 3.66. The fourth-order valence-corrected chi connectivity index (χ4v) is 2.92. The number of carbonyl (C=O) groups is 1. The largest absolute Gasteiger partial charge is 0.418 e. The van der Waals surface area contributed by atoms with Gasteiger partial charge >= 0.3 is 6.18 Å². The summed E-state index contributed by atoms with van der Waals surface area (Å²) in [6.07, 6.45) is -4.57. The van der Waals surface area contributed by atoms with Gasteiger partial charge in [0.05, 0.1) is 27.8 Å². The van der Waals surface area contributed by atoms with E-state index in [0.717, 1.165) is 6.07 Å². The number of hydrogen-bond acceptors (Lipinski definition) is 4. The monoisotopic (exact) mass is 376 g/mol. The minimum Gasteiger partial charge on any atom is -0.398 e. The molecule has 5 nitrogen and oxygen atoms in total. The van der Waals surface area contributed by atoms with Gasteiger partial charge in [-0.3, -0.25) is 4.79 Å². The van der Waals surface area contributed by atoms with Crippen LogP contribution in [0.1, 0.15) is 15.9 Å². The van der Waals surface area contributed by atoms with Gasteiger partial charge < -0.3 is 16.0 Å². The van der Waals surface area contributed by atoms with Gasteiger partial charge in [0.1, 0.15) is 0 Å². The Hall–Kier alpha value is -2.87. The van der Waals surface area contributed by atoms with Gasteiger partial charge in [0.25, 0.3) is 5.91 Å². The van der Waals surface area contributed by atoms with E-state index in [1.54, 1.807) is 12.1 Å². The number of hydrogen-bond donors (Lipinski definition) is 2. The number of carbonyl (C=O) groups excluding carboxylic acids is 1. The number of aromatic nitrogens is 1. The van der Waals surface area contributed by atoms with Crippen LogP contribution in [0, 0.1) is 0 Å². The van der Waals surface area contributed by atoms with E-state index in [0.29, 0.717) is 18.5 Å². The molecule has 0 aliphatic carbocycles. The Labute approximate surface area is 154 Å². The third-order valence-electron chi connectivity index (χ3n) is 4.27. The number of anilines is 1. The first kappa shape index (κ1) is 18.9. The lowest BCUT2D eigenvalue weighted by Gasteiger charge is -2.15. The van der Waals surface area contributed by atoms with E-state index in [1.807, 2.05) is 19.0 Å². The molecule has 2 aromatic carbocycles. The maximum Gasteiger partial charge on any atom is 0.418 e. The Morgan fingerprint density at radius 2 is 1.74 bits per heavy atom. The minimum atomic E-state index is -4.57. The number of pyridine rings is 1. The van der Waals surface area contributed by atoms with Crippen molar-refractivity contribution in [1.82, 2.24) is 15.2 Å². The highest BCUT2D eigenvalue weighted by molar-refractivity contribution is 6.14. The number of nitrogens with two attached hydrogens (primary N) is 1. The normalized spacial score (nSPS) is 12.1. The van der Waals surface area contributed by atoms with Gasteiger partial charge in [-0.05, 0) is 26.2 Å². The quantitative estimate of drug-likeness (QED) is 0.686. The molecular formula is C19H19F3N4O. The Bertz CT molecular complexity index is 1020. The average Bonchev–Trinajstić information content (AvgIpc) is 2.60. The number of nitrogens with zero attached hydrogens (tertiary/aromatic N) is 2. The van der Waals surface area contributed by atoms with E-state index in [1.165, 1.54) is 18.2 Å². The highest BCUT2D eigenvalue weighted by atomic mass is 19.4. The van der Waals surface area contributed by atoms with Crippen molar-refractivity contribution < 1.29 is 18.0 Å². The highest BCUT2D eigenvalue weighted by Crippen LogP contribution is 2.38. The number of rotatable bonds is 4. The van der Waals surface area contributed by atoms with Crippen molar-refractivity contribution in [2.45, 2.75) is 6.18 Å². The molecule has 0 saturated carbocycles. The minimum absolute atomic E-state index is 0.154. The zero-order chi connectivity index (χ0) is 19.8. The Balaban J connectivity index is 2.18. The molecule has 1 heterocycles. The molecule has 3 N–H and O–H groups in total. The third-order valence-corrected chi connectivity index (χ3v) is 4.27. The summed E-state index contributed by atoms with van der Waals surface area (Å²) in [4.78, 5) is 18.6. The first-order chi connectivity index (χ1) is 12.7. The van der Waals surface area contributed by atoms with Crippen molar-refractivity contribution in [2.75, 3.05) is 32.9 Å². The molecule has 0 aliphatic heterocycles. The average molecular weight is 376 g/mol. The molecule has 0 fully saturated rings. The summed E-state index contributed by atoms with van der Waals surface area (Å²) in [5.74, 6) is -0.404. The number of alkyl halides is 3. The van der Waals surface area contributed by atoms with Crippen molar-refractivity contribution in [3.8, 4) is 0 Å². The molecule has 8 heteroatoms. The lowest BCUT2D eigenvalue weighted by molar-refractivity contribution is -0.136. The number of halogens is 3. The summed E-state index contributed by atoms with van der Waals surface area (Å²) in [6, 6.07) is 8.57. The van der Waals surface area contributed by atoms with Crippen LogP contribution in [0.2, 0.25) is 0 Å². The molecule has 3 rings (SSSR count). The van der Waals surface area contributed by atoms with E-state index in [2.05, 4.69) is 10.3 Å². The standard InChI is InChI=1S/C19H19F3N4O/c1-26(2)10-9-24-18(27)13-7-3-5-11-15(23)12-6-4-8-14(19(20,21)22)17(12)25-16(11)13/h3-8H,9-10H2,1-2H3,(H2,23,25)(H,24,27). The molecule has 0 spiro atoms. The molecule has 0 atom stereocenters. The van der Waals surface area contributed by atoms with E-state index in [-0.39, 0.29) is 27.7 Å². The molecule has 0 aliphatic rings. The van der Waals surface area contributed by atoms with Gasteiger partial charge in [-0.2, -0.15) is 13.2 Å². The smallest absolute Gasteiger partial charge is 0.398 e. The molecule has 1 aromatic heterocycles. The van der Waals surface area contributed by atoms with Crippen LogP contribution < -0.4 is 11.1 Å². The number of nitrogens with one attached hydrogen (secondary N) is 1. The second-order valence-electron chi connectivity index (χ2n) is 6.49. The number of likely N-dealkylation sites (N-methyl/N-ethyl adjacent to an activating group) is 1. The highest BCUT2D eigenvalue weighted by Gasteiger charge is 2.33. The molecule has 3 aromatic rings. The fourth-order valence-electron chi connectivity index (χ4n) is 2.92. The van der Waals surface area contributed by atoms with Gasteiger partial charge in [0, 0.05) is 23.9 Å². The van der Waals surface area contributed by atoms with Gasteiger partial charge in [-0.1, -0.05) is 24.3 Å². The van der Waals surface area contributed by atoms with Crippen molar-refractivity contribution in [1.29, 1.82) is 0 Å². The molecule has 0 unspecified atom stereocenters. The number of nitrogen functional groups attached to an aromatic ring is 1. The van der Waals surface area contributed by atoms with E-state index < -0.39 is 17.6 Å². The van der Waals surface area contributed by atoms with Crippen LogP contribution in [0.15, 0.2) is 36.4 Å². The second kappa shape index (κ2) is 7.03. The summed E-state index contributed by atoms with van der Waals surface area (Å²) < 4.78 is 40.2. The van der Waals surface area contributed by atoms with Gasteiger partial charge in [-0.25, -0.2) is 4.98 Å². The van der Waals surface area contributed by atoms with Gasteiger partial charge in [0.2, 0.25) is 0 Å². The lowest BCUT2D eigenvalue weighted by Crippen LogP contribution is -2.31. The lowest BCUT2D eigenvalue weighted by atomic mass is 10.0. The van der Waals surface area contributed by atoms with Crippen molar-refractivity contribution in [3.63, 3.8) is 0 Å². The first-order valence-corrected chi connectivity index (χ1v) is 8.31. The van der Waals surface area contributed by atoms with E-state index >= 15 is 0 Å². The van der Waals surface area contributed by atoms with Crippen LogP contribution in [0.3, 0.4) is 0 Å². The van der Waals surface area contributed by atoms with Crippen molar-refractivity contribution in [2.24, 2.45) is 0 Å². The molecule has 0 saturated heterocycles. The Morgan fingerprint density at radius 3 is 2.37 bits per heavy atom. The van der Waals surface area contributed by atoms with Crippen molar-refractivity contribution in [3.05, 3.63) is 47.5 Å². The van der Waals surface area contributed by atoms with Crippen LogP contribution in [0.4, 0.5) is 18.9 Å². The molecule has 142 valence electrons. The Morgan fingerprint density at radius 1 is 1.11 bits per heavy atom. The summed E-state index contributed by atoms with van der Waals surface area (Å²) in [6.45, 7) is 1.03. The SMILES string of the molecule is CN(C)CCNC(=O)c1cccc2c(N)c3cccc(C(F)(F)F)c3nc12. The first-order valence-electron chi connectivity index (χ1n) is 8.31. The maximum absolute atomic E-state index is 13.4. The molecule has 1 amide bonds. The molecule has 0 radical (unpaired) electrons. The second-order valence-corrected chi connectivity index (χ2v) is 6.49. The predicted molar refractivity (Wildman–Crippen MR) is 99.6 cm³/mol. The maximum atomic E-state index is 13.4. The summed E-state index contributed by atoms with van der Waals surface area (Å²) in [5, 5.41) is 3.41. The number of fused-ring (bicyclic) bond motifs is 2. The predicted octanol–water partition coefficient (Wildman–Crippen LogP) is 3.28. The van der Waals surface area contributed by atoms with E-state index in [9.17, 15) is 18.0 Å². The van der Waals surface area contributed by atoms with Gasteiger partial charge in [-0.15, -0.1) is 0 Å². The summed E-state index contributed by atoms with van der Waals surface area (Å²) in [7, 11) is 3.74. The Kier molecular flexibility index (Phi) is 4.93. The molecular weight excluding hydrogens is 357 g/mol. The molecule has 27 heavy (non-hydrogen) atoms. The number of para-hydroxylation sites is 2. The van der Waals surface area contributed by atoms with E-state index in [4.69, 9.17) is 5.73 Å². The zero-order valence-corrected chi connectivity index (χ0v) is 14.9. The van der Waals surface area contributed by atoms with Gasteiger partial charge in [0.15, 0.2) is 0 Å². The topological polar surface area (TPSA) is 71.2 Å². The fraction of sp³-hybridized carbons (Fsp3) is 0.263. The molecule has 0 bridgehead atoms. The van der Waals surface area contributed by atoms with Crippen molar-refractivity contribution >= 4 is 33.4 Å². The van der Waals surface area contributed by atoms with Crippen LogP contribution in [-0.2, 0) is 6.18 Å². The van der Waals surface area contributed by atoms with Crippen LogP contribution in [0.25, 0.3) is 21.8 Å². The summed E-state index contributed by atoms with van der Waals surface area (Å²) >= 11 is 0.